The zero-order valence-corrected chi connectivity index (χ0v) is 10.3. The van der Waals surface area contributed by atoms with Gasteiger partial charge in [-0.25, -0.2) is 0 Å². The van der Waals surface area contributed by atoms with Crippen LogP contribution >= 0.6 is 15.9 Å². The first-order valence-electron chi connectivity index (χ1n) is 4.56. The number of nitrogens with zero attached hydrogens (tertiary/aromatic N) is 1. The largest absolute Gasteiger partial charge is 0.492 e. The zero-order chi connectivity index (χ0) is 12.0. The third-order valence-corrected chi connectivity index (χ3v) is 2.35. The van der Waals surface area contributed by atoms with Gasteiger partial charge < -0.3 is 9.47 Å². The van der Waals surface area contributed by atoms with Crippen LogP contribution in [0.15, 0.2) is 22.7 Å². The lowest BCUT2D eigenvalue weighted by atomic mass is 10.2. The van der Waals surface area contributed by atoms with Crippen LogP contribution in [0, 0.1) is 11.3 Å². The fourth-order valence-corrected chi connectivity index (χ4v) is 1.42. The molecule has 0 saturated carbocycles. The lowest BCUT2D eigenvalue weighted by Gasteiger charge is -2.07. The number of carbonyl (C=O) groups excluding carboxylic acids is 1. The maximum Gasteiger partial charge on any atom is 0.308 e. The highest BCUT2D eigenvalue weighted by Crippen LogP contribution is 2.22. The number of hydrogen-bond donors (Lipinski definition) is 0. The topological polar surface area (TPSA) is 59.3 Å². The Labute approximate surface area is 102 Å². The van der Waals surface area contributed by atoms with E-state index < -0.39 is 0 Å². The van der Waals surface area contributed by atoms with Crippen LogP contribution in [0.5, 0.6) is 5.75 Å². The molecule has 0 N–H and O–H groups in total. The smallest absolute Gasteiger partial charge is 0.308 e. The van der Waals surface area contributed by atoms with Crippen molar-refractivity contribution in [3.8, 4) is 11.8 Å². The van der Waals surface area contributed by atoms with Crippen LogP contribution in [0.4, 0.5) is 0 Å². The lowest BCUT2D eigenvalue weighted by molar-refractivity contribution is -0.141. The van der Waals surface area contributed by atoms with Crippen molar-refractivity contribution in [2.45, 2.75) is 6.42 Å². The normalized spacial score (nSPS) is 9.31. The summed E-state index contributed by atoms with van der Waals surface area (Å²) in [6.45, 7) is 0.197. The number of halogens is 1. The summed E-state index contributed by atoms with van der Waals surface area (Å²) >= 11 is 3.26. The van der Waals surface area contributed by atoms with Gasteiger partial charge in [0.2, 0.25) is 0 Å². The Morgan fingerprint density at radius 2 is 2.31 bits per heavy atom. The summed E-state index contributed by atoms with van der Waals surface area (Å²) in [5, 5.41) is 8.86. The molecule has 0 aliphatic heterocycles. The summed E-state index contributed by atoms with van der Waals surface area (Å²) < 4.78 is 10.6. The molecule has 0 spiro atoms. The van der Waals surface area contributed by atoms with Crippen LogP contribution < -0.4 is 4.74 Å². The van der Waals surface area contributed by atoms with Crippen LogP contribution in [0.2, 0.25) is 0 Å². The second kappa shape index (κ2) is 6.13. The van der Waals surface area contributed by atoms with Gasteiger partial charge in [-0.2, -0.15) is 5.26 Å². The number of carbonyl (C=O) groups is 1. The molecule has 0 heterocycles. The molecule has 1 rings (SSSR count). The number of nitriles is 1. The predicted octanol–water partition coefficient (Wildman–Crippen LogP) is 2.26. The van der Waals surface area contributed by atoms with E-state index in [0.717, 1.165) is 4.47 Å². The highest BCUT2D eigenvalue weighted by Gasteiger charge is 2.05. The molecule has 0 aromatic heterocycles. The van der Waals surface area contributed by atoms with Crippen molar-refractivity contribution in [3.63, 3.8) is 0 Å². The van der Waals surface area contributed by atoms with Gasteiger partial charge in [0.25, 0.3) is 0 Å². The SMILES string of the molecule is COC(=O)CCOc1ccc(Br)cc1C#N. The van der Waals surface area contributed by atoms with Gasteiger partial charge in [-0.3, -0.25) is 4.79 Å². The minimum absolute atomic E-state index is 0.164. The number of ether oxygens (including phenoxy) is 2. The third-order valence-electron chi connectivity index (χ3n) is 1.85. The second-order valence-electron chi connectivity index (χ2n) is 2.93. The second-order valence-corrected chi connectivity index (χ2v) is 3.84. The molecule has 0 radical (unpaired) electrons. The van der Waals surface area contributed by atoms with Crippen LogP contribution in [0.1, 0.15) is 12.0 Å². The van der Waals surface area contributed by atoms with Gasteiger partial charge in [0.05, 0.1) is 25.7 Å². The van der Waals surface area contributed by atoms with Crippen molar-refractivity contribution in [1.29, 1.82) is 5.26 Å². The molecule has 0 aliphatic rings. The molecule has 0 atom stereocenters. The van der Waals surface area contributed by atoms with Crippen LogP contribution in [0.25, 0.3) is 0 Å². The van der Waals surface area contributed by atoms with Gasteiger partial charge in [0.15, 0.2) is 0 Å². The van der Waals surface area contributed by atoms with Crippen molar-refractivity contribution in [2.24, 2.45) is 0 Å². The molecule has 5 heteroatoms. The number of methoxy groups -OCH3 is 1. The van der Waals surface area contributed by atoms with E-state index in [1.54, 1.807) is 18.2 Å². The van der Waals surface area contributed by atoms with Crippen LogP contribution in [0.3, 0.4) is 0 Å². The number of hydrogen-bond acceptors (Lipinski definition) is 4. The Hall–Kier alpha value is -1.54. The van der Waals surface area contributed by atoms with Crippen LogP contribution in [-0.2, 0) is 9.53 Å². The lowest BCUT2D eigenvalue weighted by Crippen LogP contribution is -2.08. The van der Waals surface area contributed by atoms with E-state index in [9.17, 15) is 4.79 Å². The Bertz CT molecular complexity index is 426. The van der Waals surface area contributed by atoms with E-state index in [0.29, 0.717) is 11.3 Å². The predicted molar refractivity (Wildman–Crippen MR) is 61.0 cm³/mol. The fraction of sp³-hybridized carbons (Fsp3) is 0.273. The Morgan fingerprint density at radius 3 is 2.94 bits per heavy atom. The minimum atomic E-state index is -0.337. The summed E-state index contributed by atoms with van der Waals surface area (Å²) in [5.74, 6) is 0.130. The summed E-state index contributed by atoms with van der Waals surface area (Å²) in [6.07, 6.45) is 0.164. The van der Waals surface area contributed by atoms with E-state index in [-0.39, 0.29) is 19.0 Å². The number of esters is 1. The first-order valence-corrected chi connectivity index (χ1v) is 5.36. The quantitative estimate of drug-likeness (QED) is 0.796. The molecule has 0 amide bonds. The highest BCUT2D eigenvalue weighted by molar-refractivity contribution is 9.10. The van der Waals surface area contributed by atoms with E-state index in [1.165, 1.54) is 7.11 Å². The summed E-state index contributed by atoms with van der Waals surface area (Å²) in [5.41, 5.74) is 0.430. The first-order chi connectivity index (χ1) is 7.67. The maximum absolute atomic E-state index is 10.8. The summed E-state index contributed by atoms with van der Waals surface area (Å²) in [7, 11) is 1.32. The zero-order valence-electron chi connectivity index (χ0n) is 8.70. The van der Waals surface area contributed by atoms with E-state index in [2.05, 4.69) is 20.7 Å². The minimum Gasteiger partial charge on any atom is -0.492 e. The molecule has 16 heavy (non-hydrogen) atoms. The Kier molecular flexibility index (Phi) is 4.80. The number of benzene rings is 1. The fourth-order valence-electron chi connectivity index (χ4n) is 1.06. The average molecular weight is 284 g/mol. The van der Waals surface area contributed by atoms with Gasteiger partial charge in [0.1, 0.15) is 11.8 Å². The van der Waals surface area contributed by atoms with E-state index >= 15 is 0 Å². The average Bonchev–Trinajstić information content (AvgIpc) is 2.30. The van der Waals surface area contributed by atoms with E-state index in [1.807, 2.05) is 6.07 Å². The van der Waals surface area contributed by atoms with Crippen molar-refractivity contribution >= 4 is 21.9 Å². The van der Waals surface area contributed by atoms with Gasteiger partial charge in [-0.1, -0.05) is 15.9 Å². The molecule has 4 nitrogen and oxygen atoms in total. The monoisotopic (exact) mass is 283 g/mol. The maximum atomic E-state index is 10.8. The molecular weight excluding hydrogens is 274 g/mol. The van der Waals surface area contributed by atoms with Crippen LogP contribution in [-0.4, -0.2) is 19.7 Å². The molecular formula is C11H10BrNO3. The molecule has 0 aliphatic carbocycles. The standard InChI is InChI=1S/C11H10BrNO3/c1-15-11(14)4-5-16-10-3-2-9(12)6-8(10)7-13/h2-3,6H,4-5H2,1H3. The first kappa shape index (κ1) is 12.5. The molecule has 1 aromatic carbocycles. The van der Waals surface area contributed by atoms with E-state index in [4.69, 9.17) is 10.00 Å². The summed E-state index contributed by atoms with van der Waals surface area (Å²) in [6, 6.07) is 7.13. The molecule has 0 saturated heterocycles. The highest BCUT2D eigenvalue weighted by atomic mass is 79.9. The van der Waals surface area contributed by atoms with Gasteiger partial charge in [-0.05, 0) is 18.2 Å². The van der Waals surface area contributed by atoms with Crippen molar-refractivity contribution in [3.05, 3.63) is 28.2 Å². The molecule has 84 valence electrons. The summed E-state index contributed by atoms with van der Waals surface area (Å²) in [4.78, 5) is 10.8. The number of rotatable bonds is 4. The Balaban J connectivity index is 2.61. The molecule has 0 fully saturated rings. The van der Waals surface area contributed by atoms with Crippen molar-refractivity contribution < 1.29 is 14.3 Å². The third kappa shape index (κ3) is 3.55. The van der Waals surface area contributed by atoms with Gasteiger partial charge >= 0.3 is 5.97 Å². The molecule has 0 bridgehead atoms. The molecule has 0 unspecified atom stereocenters. The van der Waals surface area contributed by atoms with Crippen molar-refractivity contribution in [2.75, 3.05) is 13.7 Å². The van der Waals surface area contributed by atoms with Gasteiger partial charge in [-0.15, -0.1) is 0 Å². The van der Waals surface area contributed by atoms with Gasteiger partial charge in [0, 0.05) is 4.47 Å². The Morgan fingerprint density at radius 1 is 1.56 bits per heavy atom. The molecule has 1 aromatic rings. The van der Waals surface area contributed by atoms with Crippen molar-refractivity contribution in [1.82, 2.24) is 0 Å².